The number of benzene rings is 1. The largest absolute Gasteiger partial charge is 0.338 e. The molecule has 1 saturated heterocycles. The fraction of sp³-hybridized carbons (Fsp3) is 0.560. The minimum absolute atomic E-state index is 0.0362. The quantitative estimate of drug-likeness (QED) is 0.684. The fourth-order valence-corrected chi connectivity index (χ4v) is 4.93. The van der Waals surface area contributed by atoms with Crippen molar-refractivity contribution in [3.8, 4) is 0 Å². The minimum Gasteiger partial charge on any atom is -0.338 e. The van der Waals surface area contributed by atoms with Gasteiger partial charge in [-0.25, -0.2) is 4.79 Å². The maximum atomic E-state index is 13.3. The number of unbranched alkanes of at least 4 members (excludes halogenated alkanes) is 1. The summed E-state index contributed by atoms with van der Waals surface area (Å²) >= 11 is 0. The summed E-state index contributed by atoms with van der Waals surface area (Å²) in [6, 6.07) is 10.1. The van der Waals surface area contributed by atoms with E-state index >= 15 is 0 Å². The molecule has 2 aliphatic rings. The molecule has 166 valence electrons. The first-order valence-electron chi connectivity index (χ1n) is 11.6. The number of likely N-dealkylation sites (tertiary alicyclic amines) is 1. The van der Waals surface area contributed by atoms with Crippen LogP contribution in [-0.2, 0) is 13.0 Å². The third-order valence-electron chi connectivity index (χ3n) is 6.46. The van der Waals surface area contributed by atoms with Crippen LogP contribution in [0, 0.1) is 5.41 Å². The second kappa shape index (κ2) is 8.85. The molecule has 0 radical (unpaired) electrons. The lowest BCUT2D eigenvalue weighted by atomic mass is 9.75. The van der Waals surface area contributed by atoms with Gasteiger partial charge in [-0.2, -0.15) is 5.10 Å². The number of fused-ring (bicyclic) bond motifs is 1. The molecule has 1 fully saturated rings. The van der Waals surface area contributed by atoms with Crippen molar-refractivity contribution in [2.45, 2.75) is 71.9 Å². The van der Waals surface area contributed by atoms with E-state index in [9.17, 15) is 9.59 Å². The zero-order valence-corrected chi connectivity index (χ0v) is 19.0. The zero-order chi connectivity index (χ0) is 22.0. The molecular formula is C25H34N4O2. The summed E-state index contributed by atoms with van der Waals surface area (Å²) in [5.74, 6) is 0.166. The van der Waals surface area contributed by atoms with E-state index in [1.54, 1.807) is 0 Å². The molecule has 1 atom stereocenters. The Morgan fingerprint density at radius 1 is 1.23 bits per heavy atom. The van der Waals surface area contributed by atoms with Gasteiger partial charge in [-0.1, -0.05) is 57.5 Å². The van der Waals surface area contributed by atoms with Crippen LogP contribution in [0.25, 0.3) is 0 Å². The van der Waals surface area contributed by atoms with Gasteiger partial charge < -0.3 is 10.2 Å². The first-order valence-corrected chi connectivity index (χ1v) is 11.6. The number of hydrogen-bond donors (Lipinski definition) is 1. The van der Waals surface area contributed by atoms with Gasteiger partial charge in [0.2, 0.25) is 0 Å². The molecule has 2 aromatic rings. The van der Waals surface area contributed by atoms with E-state index in [0.717, 1.165) is 54.6 Å². The topological polar surface area (TPSA) is 67.2 Å². The number of amides is 2. The van der Waals surface area contributed by atoms with E-state index < -0.39 is 0 Å². The molecule has 1 aromatic heterocycles. The van der Waals surface area contributed by atoms with Crippen LogP contribution in [0.3, 0.4) is 0 Å². The van der Waals surface area contributed by atoms with Gasteiger partial charge in [-0.05, 0) is 36.7 Å². The number of aromatic nitrogens is 2. The highest BCUT2D eigenvalue weighted by atomic mass is 16.2. The Labute approximate surface area is 185 Å². The third kappa shape index (κ3) is 4.53. The molecule has 0 saturated carbocycles. The van der Waals surface area contributed by atoms with Crippen LogP contribution in [0.1, 0.15) is 86.2 Å². The van der Waals surface area contributed by atoms with Gasteiger partial charge in [0.05, 0.1) is 29.5 Å². The molecule has 6 heteroatoms. The number of rotatable bonds is 6. The SMILES string of the molecule is CCCCNC(=O)N1CCC[C@@H]1c1nn(Cc2ccccc2)c2c1C(=O)CC(C)(C)C2. The molecule has 2 amide bonds. The van der Waals surface area contributed by atoms with E-state index in [-0.39, 0.29) is 23.3 Å². The molecule has 1 aromatic carbocycles. The van der Waals surface area contributed by atoms with Gasteiger partial charge >= 0.3 is 6.03 Å². The number of urea groups is 1. The first kappa shape index (κ1) is 21.6. The molecule has 0 bridgehead atoms. The second-order valence-electron chi connectivity index (χ2n) is 9.73. The molecule has 31 heavy (non-hydrogen) atoms. The smallest absolute Gasteiger partial charge is 0.317 e. The van der Waals surface area contributed by atoms with E-state index in [1.807, 2.05) is 27.8 Å². The van der Waals surface area contributed by atoms with Crippen molar-refractivity contribution in [1.82, 2.24) is 20.0 Å². The summed E-state index contributed by atoms with van der Waals surface area (Å²) in [4.78, 5) is 28.0. The highest BCUT2D eigenvalue weighted by molar-refractivity contribution is 6.00. The van der Waals surface area contributed by atoms with E-state index in [4.69, 9.17) is 5.10 Å². The monoisotopic (exact) mass is 422 g/mol. The van der Waals surface area contributed by atoms with E-state index in [1.165, 1.54) is 0 Å². The Balaban J connectivity index is 1.69. The number of carbonyl (C=O) groups excluding carboxylic acids is 2. The van der Waals surface area contributed by atoms with Crippen LogP contribution < -0.4 is 5.32 Å². The maximum absolute atomic E-state index is 13.3. The van der Waals surface area contributed by atoms with Crippen LogP contribution in [0.4, 0.5) is 4.79 Å². The van der Waals surface area contributed by atoms with Crippen LogP contribution in [0.15, 0.2) is 30.3 Å². The number of nitrogens with one attached hydrogen (secondary N) is 1. The fourth-order valence-electron chi connectivity index (χ4n) is 4.93. The average Bonchev–Trinajstić information content (AvgIpc) is 3.33. The van der Waals surface area contributed by atoms with Crippen molar-refractivity contribution in [1.29, 1.82) is 0 Å². The zero-order valence-electron chi connectivity index (χ0n) is 19.0. The number of Topliss-reactive ketones (excluding diaryl/α,β-unsaturated/α-hetero) is 1. The Hall–Kier alpha value is -2.63. The Morgan fingerprint density at radius 2 is 2.00 bits per heavy atom. The van der Waals surface area contributed by atoms with Gasteiger partial charge in [0, 0.05) is 19.5 Å². The van der Waals surface area contributed by atoms with Gasteiger partial charge in [-0.15, -0.1) is 0 Å². The first-order chi connectivity index (χ1) is 14.9. The van der Waals surface area contributed by atoms with Gasteiger partial charge in [0.1, 0.15) is 0 Å². The number of nitrogens with zero attached hydrogens (tertiary/aromatic N) is 3. The standard InChI is InChI=1S/C25H34N4O2/c1-4-5-13-26-24(31)28-14-9-12-19(28)23-22-20(15-25(2,3)16-21(22)30)29(27-23)17-18-10-7-6-8-11-18/h6-8,10-11,19H,4-5,9,12-17H2,1-3H3,(H,26,31)/t19-/m1/s1. The number of ketones is 1. The maximum Gasteiger partial charge on any atom is 0.317 e. The van der Waals surface area contributed by atoms with Gasteiger partial charge in [-0.3, -0.25) is 9.48 Å². The van der Waals surface area contributed by atoms with Crippen LogP contribution in [0.2, 0.25) is 0 Å². The van der Waals surface area contributed by atoms with Crippen LogP contribution >= 0.6 is 0 Å². The van der Waals surface area contributed by atoms with Crippen LogP contribution in [-0.4, -0.2) is 39.6 Å². The Morgan fingerprint density at radius 3 is 2.74 bits per heavy atom. The summed E-state index contributed by atoms with van der Waals surface area (Å²) in [7, 11) is 0. The van der Waals surface area contributed by atoms with Crippen molar-refractivity contribution < 1.29 is 9.59 Å². The predicted molar refractivity (Wildman–Crippen MR) is 121 cm³/mol. The molecule has 2 heterocycles. The summed E-state index contributed by atoms with van der Waals surface area (Å²) in [5, 5.41) is 8.03. The lowest BCUT2D eigenvalue weighted by Gasteiger charge is -2.30. The molecule has 0 spiro atoms. The summed E-state index contributed by atoms with van der Waals surface area (Å²) < 4.78 is 2.02. The molecule has 1 N–H and O–H groups in total. The molecular weight excluding hydrogens is 388 g/mol. The number of hydrogen-bond acceptors (Lipinski definition) is 3. The molecule has 1 aliphatic carbocycles. The van der Waals surface area contributed by atoms with Crippen molar-refractivity contribution in [3.05, 3.63) is 52.8 Å². The third-order valence-corrected chi connectivity index (χ3v) is 6.46. The Kier molecular flexibility index (Phi) is 6.17. The van der Waals surface area contributed by atoms with Crippen molar-refractivity contribution in [3.63, 3.8) is 0 Å². The van der Waals surface area contributed by atoms with Crippen LogP contribution in [0.5, 0.6) is 0 Å². The van der Waals surface area contributed by atoms with Crippen molar-refractivity contribution >= 4 is 11.8 Å². The van der Waals surface area contributed by atoms with Crippen molar-refractivity contribution in [2.24, 2.45) is 5.41 Å². The summed E-state index contributed by atoms with van der Waals surface area (Å²) in [5.41, 5.74) is 3.68. The van der Waals surface area contributed by atoms with Crippen molar-refractivity contribution in [2.75, 3.05) is 13.1 Å². The van der Waals surface area contributed by atoms with Gasteiger partial charge in [0.15, 0.2) is 5.78 Å². The highest BCUT2D eigenvalue weighted by Crippen LogP contribution is 2.41. The van der Waals surface area contributed by atoms with E-state index in [0.29, 0.717) is 26.1 Å². The summed E-state index contributed by atoms with van der Waals surface area (Å²) in [6.45, 7) is 8.45. The number of carbonyl (C=O) groups is 2. The molecule has 1 aliphatic heterocycles. The lowest BCUT2D eigenvalue weighted by Crippen LogP contribution is -2.40. The predicted octanol–water partition coefficient (Wildman–Crippen LogP) is 4.73. The van der Waals surface area contributed by atoms with E-state index in [2.05, 4.69) is 38.2 Å². The Bertz CT molecular complexity index is 948. The highest BCUT2D eigenvalue weighted by Gasteiger charge is 2.41. The average molecular weight is 423 g/mol. The lowest BCUT2D eigenvalue weighted by molar-refractivity contribution is 0.0907. The van der Waals surface area contributed by atoms with Gasteiger partial charge in [0.25, 0.3) is 0 Å². The molecule has 6 nitrogen and oxygen atoms in total. The summed E-state index contributed by atoms with van der Waals surface area (Å²) in [6.07, 6.45) is 5.16. The second-order valence-corrected chi connectivity index (χ2v) is 9.73. The minimum atomic E-state index is -0.127. The molecule has 4 rings (SSSR count). The normalized spacial score (nSPS) is 20.0. The molecule has 0 unspecified atom stereocenters.